The quantitative estimate of drug-likeness (QED) is 0.740. The number of nitrogens with zero attached hydrogens (tertiary/aromatic N) is 1. The molecule has 156 valence electrons. The van der Waals surface area contributed by atoms with E-state index in [9.17, 15) is 14.3 Å². The lowest BCUT2D eigenvalue weighted by Crippen LogP contribution is -2.38. The summed E-state index contributed by atoms with van der Waals surface area (Å²) in [6.07, 6.45) is 1.80. The summed E-state index contributed by atoms with van der Waals surface area (Å²) >= 11 is 5.96. The fourth-order valence-electron chi connectivity index (χ4n) is 3.44. The van der Waals surface area contributed by atoms with Gasteiger partial charge in [0.15, 0.2) is 0 Å². The summed E-state index contributed by atoms with van der Waals surface area (Å²) in [6, 6.07) is 11.7. The Balaban J connectivity index is 1.51. The van der Waals surface area contributed by atoms with Crippen molar-refractivity contribution in [3.8, 4) is 5.75 Å². The van der Waals surface area contributed by atoms with Gasteiger partial charge in [-0.25, -0.2) is 4.39 Å². The highest BCUT2D eigenvalue weighted by molar-refractivity contribution is 6.30. The van der Waals surface area contributed by atoms with E-state index in [-0.39, 0.29) is 24.7 Å². The average Bonchev–Trinajstić information content (AvgIpc) is 2.85. The van der Waals surface area contributed by atoms with Crippen LogP contribution in [0.25, 0.3) is 0 Å². The van der Waals surface area contributed by atoms with Crippen LogP contribution in [-0.4, -0.2) is 47.8 Å². The second kappa shape index (κ2) is 9.57. The molecular weight excluding hydrogens is 395 g/mol. The Morgan fingerprint density at radius 3 is 2.90 bits per heavy atom. The molecule has 0 spiro atoms. The van der Waals surface area contributed by atoms with Crippen molar-refractivity contribution in [2.75, 3.05) is 31.6 Å². The number of anilines is 1. The number of carbonyl (C=O) groups excluding carboxylic acids is 1. The number of hydrogen-bond acceptors (Lipinski definition) is 4. The third-order valence-electron chi connectivity index (χ3n) is 5.08. The molecular formula is C22H26ClFN2O3. The molecule has 1 atom stereocenters. The van der Waals surface area contributed by atoms with E-state index in [2.05, 4.69) is 5.32 Å². The maximum atomic E-state index is 13.8. The van der Waals surface area contributed by atoms with Crippen molar-refractivity contribution in [3.63, 3.8) is 0 Å². The van der Waals surface area contributed by atoms with Crippen LogP contribution in [0.2, 0.25) is 5.02 Å². The Labute approximate surface area is 175 Å². The molecule has 1 saturated heterocycles. The van der Waals surface area contributed by atoms with Crippen molar-refractivity contribution in [2.45, 2.75) is 31.8 Å². The van der Waals surface area contributed by atoms with Crippen LogP contribution in [0.1, 0.15) is 24.8 Å². The number of hydrogen-bond donors (Lipinski definition) is 2. The molecule has 2 aromatic carbocycles. The van der Waals surface area contributed by atoms with Crippen molar-refractivity contribution in [2.24, 2.45) is 0 Å². The molecule has 5 nitrogen and oxygen atoms in total. The van der Waals surface area contributed by atoms with E-state index >= 15 is 0 Å². The van der Waals surface area contributed by atoms with Crippen LogP contribution in [0.5, 0.6) is 5.75 Å². The van der Waals surface area contributed by atoms with Gasteiger partial charge >= 0.3 is 0 Å². The molecule has 1 fully saturated rings. The van der Waals surface area contributed by atoms with Gasteiger partial charge in [0.05, 0.1) is 17.8 Å². The number of rotatable bonds is 6. The maximum Gasteiger partial charge on any atom is 0.238 e. The molecule has 0 bridgehead atoms. The minimum Gasteiger partial charge on any atom is -0.491 e. The molecule has 3 rings (SSSR count). The first-order valence-corrected chi connectivity index (χ1v) is 10.1. The Morgan fingerprint density at radius 1 is 1.28 bits per heavy atom. The number of aryl methyl sites for hydroxylation is 1. The SMILES string of the molecule is Cc1ccc(F)c(NC(=O)CN2CCCC(O)(COc3cccc(Cl)c3)CC2)c1. The van der Waals surface area contributed by atoms with Crippen molar-refractivity contribution in [1.82, 2.24) is 4.90 Å². The summed E-state index contributed by atoms with van der Waals surface area (Å²) < 4.78 is 19.6. The third kappa shape index (κ3) is 6.42. The number of ether oxygens (including phenoxy) is 1. The standard InChI is InChI=1S/C22H26ClFN2O3/c1-16-6-7-19(24)20(12-16)25-21(27)14-26-10-3-8-22(28,9-11-26)15-29-18-5-2-4-17(23)13-18/h2,4-7,12-13,28H,3,8-11,14-15H2,1H3,(H,25,27). The Hall–Kier alpha value is -2.15. The first-order valence-electron chi connectivity index (χ1n) is 9.72. The number of carbonyl (C=O) groups is 1. The van der Waals surface area contributed by atoms with Gasteiger partial charge in [0, 0.05) is 11.6 Å². The molecule has 2 N–H and O–H groups in total. The van der Waals surface area contributed by atoms with Crippen LogP contribution < -0.4 is 10.1 Å². The maximum absolute atomic E-state index is 13.8. The number of likely N-dealkylation sites (tertiary alicyclic amines) is 1. The van der Waals surface area contributed by atoms with Crippen LogP contribution in [0.4, 0.5) is 10.1 Å². The van der Waals surface area contributed by atoms with Gasteiger partial charge in [-0.1, -0.05) is 23.7 Å². The lowest BCUT2D eigenvalue weighted by atomic mass is 9.96. The molecule has 0 aliphatic carbocycles. The molecule has 1 heterocycles. The van der Waals surface area contributed by atoms with E-state index in [0.717, 1.165) is 12.0 Å². The molecule has 0 radical (unpaired) electrons. The Morgan fingerprint density at radius 2 is 2.10 bits per heavy atom. The number of benzene rings is 2. The zero-order valence-electron chi connectivity index (χ0n) is 16.5. The van der Waals surface area contributed by atoms with Crippen LogP contribution in [0.15, 0.2) is 42.5 Å². The molecule has 1 amide bonds. The summed E-state index contributed by atoms with van der Waals surface area (Å²) in [5, 5.41) is 14.1. The lowest BCUT2D eigenvalue weighted by molar-refractivity contribution is -0.117. The van der Waals surface area contributed by atoms with Gasteiger partial charge in [-0.05, 0) is 68.6 Å². The summed E-state index contributed by atoms with van der Waals surface area (Å²) in [5.41, 5.74) is 0.105. The molecule has 1 aliphatic heterocycles. The van der Waals surface area contributed by atoms with E-state index < -0.39 is 11.4 Å². The van der Waals surface area contributed by atoms with Crippen molar-refractivity contribution >= 4 is 23.2 Å². The lowest BCUT2D eigenvalue weighted by Gasteiger charge is -2.27. The van der Waals surface area contributed by atoms with E-state index in [1.54, 1.807) is 36.4 Å². The van der Waals surface area contributed by atoms with E-state index in [1.165, 1.54) is 6.07 Å². The molecule has 0 aromatic heterocycles. The van der Waals surface area contributed by atoms with E-state index in [1.807, 2.05) is 11.8 Å². The fraction of sp³-hybridized carbons (Fsp3) is 0.409. The monoisotopic (exact) mass is 420 g/mol. The van der Waals surface area contributed by atoms with Crippen molar-refractivity contribution < 1.29 is 19.0 Å². The highest BCUT2D eigenvalue weighted by Crippen LogP contribution is 2.25. The smallest absolute Gasteiger partial charge is 0.238 e. The van der Waals surface area contributed by atoms with Crippen LogP contribution in [0, 0.1) is 12.7 Å². The fourth-order valence-corrected chi connectivity index (χ4v) is 3.62. The van der Waals surface area contributed by atoms with Gasteiger partial charge in [0.2, 0.25) is 5.91 Å². The van der Waals surface area contributed by atoms with Crippen LogP contribution in [-0.2, 0) is 4.79 Å². The van der Waals surface area contributed by atoms with Gasteiger partial charge in [-0.15, -0.1) is 0 Å². The molecule has 0 saturated carbocycles. The minimum absolute atomic E-state index is 0.151. The Kier molecular flexibility index (Phi) is 7.11. The second-order valence-electron chi connectivity index (χ2n) is 7.63. The molecule has 7 heteroatoms. The number of halogens is 2. The van der Waals surface area contributed by atoms with Crippen LogP contribution >= 0.6 is 11.6 Å². The minimum atomic E-state index is -0.962. The third-order valence-corrected chi connectivity index (χ3v) is 5.31. The van der Waals surface area contributed by atoms with E-state index in [0.29, 0.717) is 36.7 Å². The second-order valence-corrected chi connectivity index (χ2v) is 8.07. The first kappa shape index (κ1) is 21.6. The van der Waals surface area contributed by atoms with Gasteiger partial charge in [-0.3, -0.25) is 9.69 Å². The molecule has 1 unspecified atom stereocenters. The number of amides is 1. The summed E-state index contributed by atoms with van der Waals surface area (Å²) in [4.78, 5) is 14.3. The molecule has 29 heavy (non-hydrogen) atoms. The topological polar surface area (TPSA) is 61.8 Å². The molecule has 1 aliphatic rings. The zero-order chi connectivity index (χ0) is 20.9. The summed E-state index contributed by atoms with van der Waals surface area (Å²) in [5.74, 6) is -0.103. The van der Waals surface area contributed by atoms with Crippen molar-refractivity contribution in [3.05, 3.63) is 58.9 Å². The predicted octanol–water partition coefficient (Wildman–Crippen LogP) is 4.02. The van der Waals surface area contributed by atoms with Gasteiger partial charge in [0.25, 0.3) is 0 Å². The largest absolute Gasteiger partial charge is 0.491 e. The normalized spacial score (nSPS) is 20.1. The zero-order valence-corrected chi connectivity index (χ0v) is 17.2. The van der Waals surface area contributed by atoms with E-state index in [4.69, 9.17) is 16.3 Å². The average molecular weight is 421 g/mol. The summed E-state index contributed by atoms with van der Waals surface area (Å²) in [6.45, 7) is 3.40. The van der Waals surface area contributed by atoms with Gasteiger partial charge in [0.1, 0.15) is 18.2 Å². The highest BCUT2D eigenvalue weighted by Gasteiger charge is 2.31. The Bertz CT molecular complexity index is 864. The summed E-state index contributed by atoms with van der Waals surface area (Å²) in [7, 11) is 0. The molecule has 2 aromatic rings. The highest BCUT2D eigenvalue weighted by atomic mass is 35.5. The van der Waals surface area contributed by atoms with Gasteiger partial charge in [-0.2, -0.15) is 0 Å². The van der Waals surface area contributed by atoms with Gasteiger partial charge < -0.3 is 15.2 Å². The first-order chi connectivity index (χ1) is 13.8. The number of nitrogens with one attached hydrogen (secondary N) is 1. The predicted molar refractivity (Wildman–Crippen MR) is 112 cm³/mol. The number of aliphatic hydroxyl groups is 1. The van der Waals surface area contributed by atoms with Crippen molar-refractivity contribution in [1.29, 1.82) is 0 Å². The van der Waals surface area contributed by atoms with Crippen LogP contribution in [0.3, 0.4) is 0 Å².